The maximum absolute atomic E-state index is 9.56. The van der Waals surface area contributed by atoms with Crippen molar-refractivity contribution < 1.29 is 9.94 Å². The van der Waals surface area contributed by atoms with E-state index in [2.05, 4.69) is 17.3 Å². The zero-order chi connectivity index (χ0) is 11.4. The topological polar surface area (TPSA) is 41.8 Å². The third-order valence-corrected chi connectivity index (χ3v) is 2.61. The lowest BCUT2D eigenvalue weighted by atomic mass is 10.0. The van der Waals surface area contributed by atoms with Crippen LogP contribution in [0.4, 0.5) is 0 Å². The summed E-state index contributed by atoms with van der Waals surface area (Å²) in [5.41, 5.74) is 3.12. The van der Waals surface area contributed by atoms with Gasteiger partial charge in [-0.2, -0.15) is 0 Å². The molecule has 1 aliphatic carbocycles. The van der Waals surface area contributed by atoms with E-state index < -0.39 is 6.10 Å². The lowest BCUT2D eigenvalue weighted by Crippen LogP contribution is -2.04. The monoisotopic (exact) mass is 217 g/mol. The van der Waals surface area contributed by atoms with Gasteiger partial charge in [0.2, 0.25) is 0 Å². The second-order valence-corrected chi connectivity index (χ2v) is 3.85. The largest absolute Gasteiger partial charge is 0.399 e. The van der Waals surface area contributed by atoms with E-state index in [4.69, 9.17) is 4.84 Å². The Morgan fingerprint density at radius 2 is 2.12 bits per heavy atom. The van der Waals surface area contributed by atoms with Crippen molar-refractivity contribution in [3.05, 3.63) is 47.5 Å². The van der Waals surface area contributed by atoms with Gasteiger partial charge < -0.3 is 9.94 Å². The van der Waals surface area contributed by atoms with Crippen LogP contribution in [0.2, 0.25) is 0 Å². The Morgan fingerprint density at radius 3 is 2.81 bits per heavy atom. The SMILES string of the molecule is CO/N=C1\CC(O)C=C1Cc1ccccc1. The summed E-state index contributed by atoms with van der Waals surface area (Å²) >= 11 is 0. The Bertz CT molecular complexity index is 409. The highest BCUT2D eigenvalue weighted by molar-refractivity contribution is 6.02. The maximum atomic E-state index is 9.56. The molecule has 16 heavy (non-hydrogen) atoms. The lowest BCUT2D eigenvalue weighted by molar-refractivity contribution is 0.207. The standard InChI is InChI=1S/C13H15NO2/c1-16-14-13-9-12(15)8-11(13)7-10-5-3-2-4-6-10/h2-6,8,12,15H,7,9H2,1H3/b14-13+. The number of nitrogens with zero attached hydrogens (tertiary/aromatic N) is 1. The summed E-state index contributed by atoms with van der Waals surface area (Å²) in [5, 5.41) is 13.5. The number of oxime groups is 1. The van der Waals surface area contributed by atoms with Crippen LogP contribution in [0.25, 0.3) is 0 Å². The molecule has 3 heteroatoms. The summed E-state index contributed by atoms with van der Waals surface area (Å²) in [7, 11) is 1.53. The third-order valence-electron chi connectivity index (χ3n) is 2.61. The summed E-state index contributed by atoms with van der Waals surface area (Å²) in [6, 6.07) is 10.1. The molecular formula is C13H15NO2. The van der Waals surface area contributed by atoms with Crippen molar-refractivity contribution in [2.45, 2.75) is 18.9 Å². The smallest absolute Gasteiger partial charge is 0.106 e. The van der Waals surface area contributed by atoms with Crippen LogP contribution in [0.15, 0.2) is 47.1 Å². The van der Waals surface area contributed by atoms with Crippen LogP contribution in [-0.2, 0) is 11.3 Å². The van der Waals surface area contributed by atoms with Crippen molar-refractivity contribution in [1.29, 1.82) is 0 Å². The molecule has 0 saturated heterocycles. The van der Waals surface area contributed by atoms with E-state index in [1.54, 1.807) is 0 Å². The normalized spacial score (nSPS) is 22.2. The van der Waals surface area contributed by atoms with Gasteiger partial charge in [-0.05, 0) is 17.6 Å². The average molecular weight is 217 g/mol. The van der Waals surface area contributed by atoms with E-state index in [1.165, 1.54) is 12.7 Å². The van der Waals surface area contributed by atoms with Gasteiger partial charge in [0.05, 0.1) is 11.8 Å². The van der Waals surface area contributed by atoms with Crippen molar-refractivity contribution in [3.63, 3.8) is 0 Å². The van der Waals surface area contributed by atoms with Crippen LogP contribution < -0.4 is 0 Å². The first-order chi connectivity index (χ1) is 7.79. The molecule has 0 heterocycles. The molecule has 84 valence electrons. The molecule has 1 N–H and O–H groups in total. The van der Waals surface area contributed by atoms with Gasteiger partial charge in [-0.25, -0.2) is 0 Å². The highest BCUT2D eigenvalue weighted by atomic mass is 16.6. The predicted octanol–water partition coefficient (Wildman–Crippen LogP) is 1.92. The molecule has 1 aromatic rings. The molecule has 0 bridgehead atoms. The minimum Gasteiger partial charge on any atom is -0.399 e. The maximum Gasteiger partial charge on any atom is 0.106 e. The molecule has 0 aromatic heterocycles. The number of allylic oxidation sites excluding steroid dienone is 1. The van der Waals surface area contributed by atoms with Crippen LogP contribution in [-0.4, -0.2) is 24.0 Å². The number of aliphatic hydroxyl groups is 1. The molecule has 1 aliphatic rings. The molecule has 1 atom stereocenters. The molecule has 1 unspecified atom stereocenters. The number of rotatable bonds is 3. The summed E-state index contributed by atoms with van der Waals surface area (Å²) in [5.74, 6) is 0. The minimum atomic E-state index is -0.424. The first-order valence-corrected chi connectivity index (χ1v) is 5.32. The predicted molar refractivity (Wildman–Crippen MR) is 63.3 cm³/mol. The molecular weight excluding hydrogens is 202 g/mol. The number of aliphatic hydroxyl groups excluding tert-OH is 1. The van der Waals surface area contributed by atoms with Crippen LogP contribution >= 0.6 is 0 Å². The second kappa shape index (κ2) is 4.94. The van der Waals surface area contributed by atoms with Crippen molar-refractivity contribution >= 4 is 5.71 Å². The van der Waals surface area contributed by atoms with E-state index >= 15 is 0 Å². The second-order valence-electron chi connectivity index (χ2n) is 3.85. The fourth-order valence-corrected chi connectivity index (χ4v) is 1.90. The van der Waals surface area contributed by atoms with Crippen molar-refractivity contribution in [1.82, 2.24) is 0 Å². The summed E-state index contributed by atoms with van der Waals surface area (Å²) in [6.07, 6.45) is 2.77. The Labute approximate surface area is 95.0 Å². The molecule has 0 aliphatic heterocycles. The van der Waals surface area contributed by atoms with Crippen molar-refractivity contribution in [2.24, 2.45) is 5.16 Å². The van der Waals surface area contributed by atoms with Crippen molar-refractivity contribution in [3.8, 4) is 0 Å². The van der Waals surface area contributed by atoms with Gasteiger partial charge in [0.1, 0.15) is 7.11 Å². The summed E-state index contributed by atoms with van der Waals surface area (Å²) < 4.78 is 0. The Kier molecular flexibility index (Phi) is 3.37. The van der Waals surface area contributed by atoms with Crippen molar-refractivity contribution in [2.75, 3.05) is 7.11 Å². The Hall–Kier alpha value is -1.61. The van der Waals surface area contributed by atoms with E-state index in [-0.39, 0.29) is 0 Å². The Morgan fingerprint density at radius 1 is 1.38 bits per heavy atom. The zero-order valence-electron chi connectivity index (χ0n) is 9.26. The quantitative estimate of drug-likeness (QED) is 0.786. The molecule has 2 rings (SSSR count). The van der Waals surface area contributed by atoms with Gasteiger partial charge >= 0.3 is 0 Å². The van der Waals surface area contributed by atoms with E-state index in [1.807, 2.05) is 24.3 Å². The van der Waals surface area contributed by atoms with E-state index in [0.29, 0.717) is 6.42 Å². The minimum absolute atomic E-state index is 0.424. The molecule has 0 radical (unpaired) electrons. The van der Waals surface area contributed by atoms with Crippen LogP contribution in [0, 0.1) is 0 Å². The summed E-state index contributed by atoms with van der Waals surface area (Å²) in [4.78, 5) is 4.78. The molecule has 0 amide bonds. The fourth-order valence-electron chi connectivity index (χ4n) is 1.90. The highest BCUT2D eigenvalue weighted by Crippen LogP contribution is 2.20. The van der Waals surface area contributed by atoms with E-state index in [0.717, 1.165) is 17.7 Å². The fraction of sp³-hybridized carbons (Fsp3) is 0.308. The third kappa shape index (κ3) is 2.49. The van der Waals surface area contributed by atoms with Gasteiger partial charge in [0.25, 0.3) is 0 Å². The molecule has 0 spiro atoms. The molecule has 1 aromatic carbocycles. The lowest BCUT2D eigenvalue weighted by Gasteiger charge is -2.03. The van der Waals surface area contributed by atoms with E-state index in [9.17, 15) is 5.11 Å². The Balaban J connectivity index is 2.15. The van der Waals surface area contributed by atoms with Crippen LogP contribution in [0.3, 0.4) is 0 Å². The van der Waals surface area contributed by atoms with Gasteiger partial charge in [-0.3, -0.25) is 0 Å². The zero-order valence-corrected chi connectivity index (χ0v) is 9.26. The summed E-state index contributed by atoms with van der Waals surface area (Å²) in [6.45, 7) is 0. The molecule has 0 saturated carbocycles. The molecule has 0 fully saturated rings. The molecule has 3 nitrogen and oxygen atoms in total. The average Bonchev–Trinajstić information content (AvgIpc) is 2.61. The highest BCUT2D eigenvalue weighted by Gasteiger charge is 2.21. The van der Waals surface area contributed by atoms with Crippen LogP contribution in [0.5, 0.6) is 0 Å². The van der Waals surface area contributed by atoms with Gasteiger partial charge in [-0.1, -0.05) is 41.6 Å². The van der Waals surface area contributed by atoms with Gasteiger partial charge in [0, 0.05) is 6.42 Å². The number of hydrogen-bond acceptors (Lipinski definition) is 3. The first-order valence-electron chi connectivity index (χ1n) is 5.32. The number of benzene rings is 1. The van der Waals surface area contributed by atoms with Gasteiger partial charge in [-0.15, -0.1) is 0 Å². The number of hydrogen-bond donors (Lipinski definition) is 1. The van der Waals surface area contributed by atoms with Gasteiger partial charge in [0.15, 0.2) is 0 Å². The van der Waals surface area contributed by atoms with Crippen LogP contribution in [0.1, 0.15) is 12.0 Å². The first kappa shape index (κ1) is 10.9.